The summed E-state index contributed by atoms with van der Waals surface area (Å²) in [6.45, 7) is 4.29. The molecule has 1 atom stereocenters. The lowest BCUT2D eigenvalue weighted by Crippen LogP contribution is -2.48. The molecule has 1 aliphatic carbocycles. The molecular weight excluding hydrogens is 368 g/mol. The van der Waals surface area contributed by atoms with Gasteiger partial charge in [-0.05, 0) is 59.7 Å². The van der Waals surface area contributed by atoms with Crippen LogP contribution in [-0.4, -0.2) is 81.9 Å². The number of amides is 1. The SMILES string of the molecule is COCCN(CC1CCCN(C2Cc3ccccc3C2)C1)C(=O)Cn1cnnn1. The number of carbonyl (C=O) groups is 1. The Morgan fingerprint density at radius 2 is 2.07 bits per heavy atom. The maximum Gasteiger partial charge on any atom is 0.244 e. The summed E-state index contributed by atoms with van der Waals surface area (Å²) in [4.78, 5) is 17.4. The van der Waals surface area contributed by atoms with Crippen LogP contribution in [0.3, 0.4) is 0 Å². The van der Waals surface area contributed by atoms with Gasteiger partial charge in [0.25, 0.3) is 0 Å². The number of fused-ring (bicyclic) bond motifs is 1. The van der Waals surface area contributed by atoms with E-state index in [1.807, 2.05) is 4.90 Å². The highest BCUT2D eigenvalue weighted by Crippen LogP contribution is 2.29. The number of likely N-dealkylation sites (tertiary alicyclic amines) is 1. The van der Waals surface area contributed by atoms with Gasteiger partial charge in [0.2, 0.25) is 5.91 Å². The third-order valence-electron chi connectivity index (χ3n) is 6.18. The molecule has 0 bridgehead atoms. The van der Waals surface area contributed by atoms with Crippen LogP contribution in [0, 0.1) is 5.92 Å². The van der Waals surface area contributed by atoms with Crippen LogP contribution in [0.2, 0.25) is 0 Å². The fraction of sp³-hybridized carbons (Fsp3) is 0.619. The Morgan fingerprint density at radius 1 is 1.28 bits per heavy atom. The van der Waals surface area contributed by atoms with E-state index in [-0.39, 0.29) is 12.5 Å². The van der Waals surface area contributed by atoms with E-state index in [0.717, 1.165) is 38.9 Å². The van der Waals surface area contributed by atoms with E-state index < -0.39 is 0 Å². The molecule has 1 fully saturated rings. The molecule has 1 aliphatic heterocycles. The number of nitrogens with zero attached hydrogens (tertiary/aromatic N) is 6. The van der Waals surface area contributed by atoms with Gasteiger partial charge in [-0.25, -0.2) is 4.68 Å². The number of carbonyl (C=O) groups excluding carboxylic acids is 1. The van der Waals surface area contributed by atoms with Gasteiger partial charge in [-0.3, -0.25) is 9.69 Å². The topological polar surface area (TPSA) is 76.4 Å². The number of hydrogen-bond donors (Lipinski definition) is 0. The van der Waals surface area contributed by atoms with Gasteiger partial charge in [-0.2, -0.15) is 0 Å². The number of benzene rings is 1. The molecule has 1 saturated heterocycles. The Balaban J connectivity index is 1.35. The lowest BCUT2D eigenvalue weighted by molar-refractivity contribution is -0.133. The minimum Gasteiger partial charge on any atom is -0.383 e. The summed E-state index contributed by atoms with van der Waals surface area (Å²) in [5, 5.41) is 11.0. The van der Waals surface area contributed by atoms with Crippen molar-refractivity contribution in [2.45, 2.75) is 38.3 Å². The zero-order chi connectivity index (χ0) is 20.1. The third kappa shape index (κ3) is 5.00. The van der Waals surface area contributed by atoms with Gasteiger partial charge in [-0.15, -0.1) is 5.10 Å². The Labute approximate surface area is 171 Å². The normalized spacial score (nSPS) is 20.0. The Hall–Kier alpha value is -2.32. The first-order valence-corrected chi connectivity index (χ1v) is 10.5. The number of tetrazole rings is 1. The zero-order valence-corrected chi connectivity index (χ0v) is 17.1. The number of rotatable bonds is 8. The fourth-order valence-electron chi connectivity index (χ4n) is 4.69. The smallest absolute Gasteiger partial charge is 0.244 e. The molecule has 1 aromatic heterocycles. The van der Waals surface area contributed by atoms with Gasteiger partial charge in [0, 0.05) is 32.8 Å². The fourth-order valence-corrected chi connectivity index (χ4v) is 4.69. The predicted molar refractivity (Wildman–Crippen MR) is 108 cm³/mol. The summed E-state index contributed by atoms with van der Waals surface area (Å²) >= 11 is 0. The van der Waals surface area contributed by atoms with Crippen molar-refractivity contribution in [1.29, 1.82) is 0 Å². The summed E-state index contributed by atoms with van der Waals surface area (Å²) in [5.74, 6) is 0.530. The molecule has 0 spiro atoms. The average Bonchev–Trinajstić information content (AvgIpc) is 3.40. The highest BCUT2D eigenvalue weighted by molar-refractivity contribution is 5.75. The van der Waals surface area contributed by atoms with Crippen molar-refractivity contribution in [2.24, 2.45) is 5.92 Å². The van der Waals surface area contributed by atoms with Crippen molar-refractivity contribution >= 4 is 5.91 Å². The lowest BCUT2D eigenvalue weighted by atomic mass is 9.95. The third-order valence-corrected chi connectivity index (χ3v) is 6.18. The molecule has 4 rings (SSSR count). The van der Waals surface area contributed by atoms with Crippen LogP contribution in [0.15, 0.2) is 30.6 Å². The van der Waals surface area contributed by atoms with E-state index in [1.54, 1.807) is 7.11 Å². The quantitative estimate of drug-likeness (QED) is 0.661. The molecule has 156 valence electrons. The van der Waals surface area contributed by atoms with Crippen LogP contribution in [0.25, 0.3) is 0 Å². The van der Waals surface area contributed by atoms with Crippen LogP contribution in [-0.2, 0) is 28.9 Å². The number of hydrogen-bond acceptors (Lipinski definition) is 6. The number of ether oxygens (including phenoxy) is 1. The molecule has 8 nitrogen and oxygen atoms in total. The maximum atomic E-state index is 12.8. The molecular formula is C21H30N6O2. The molecule has 1 unspecified atom stereocenters. The van der Waals surface area contributed by atoms with Crippen LogP contribution in [0.4, 0.5) is 0 Å². The second-order valence-electron chi connectivity index (χ2n) is 8.17. The largest absolute Gasteiger partial charge is 0.383 e. The number of methoxy groups -OCH3 is 1. The zero-order valence-electron chi connectivity index (χ0n) is 17.1. The molecule has 0 saturated carbocycles. The first-order chi connectivity index (χ1) is 14.2. The Kier molecular flexibility index (Phi) is 6.51. The van der Waals surface area contributed by atoms with E-state index in [4.69, 9.17) is 4.74 Å². The second kappa shape index (κ2) is 9.45. The summed E-state index contributed by atoms with van der Waals surface area (Å²) in [6, 6.07) is 9.41. The summed E-state index contributed by atoms with van der Waals surface area (Å²) < 4.78 is 6.71. The molecule has 1 aromatic carbocycles. The molecule has 8 heteroatoms. The van der Waals surface area contributed by atoms with Crippen molar-refractivity contribution in [1.82, 2.24) is 30.0 Å². The van der Waals surface area contributed by atoms with Crippen molar-refractivity contribution in [3.05, 3.63) is 41.7 Å². The Bertz CT molecular complexity index is 771. The number of aromatic nitrogens is 4. The number of piperidine rings is 1. The van der Waals surface area contributed by atoms with E-state index in [2.05, 4.69) is 44.7 Å². The summed E-state index contributed by atoms with van der Waals surface area (Å²) in [6.07, 6.45) is 6.13. The van der Waals surface area contributed by atoms with Gasteiger partial charge in [0.1, 0.15) is 12.9 Å². The Morgan fingerprint density at radius 3 is 2.76 bits per heavy atom. The van der Waals surface area contributed by atoms with E-state index in [0.29, 0.717) is 25.1 Å². The van der Waals surface area contributed by atoms with E-state index in [1.165, 1.54) is 28.6 Å². The predicted octanol–water partition coefficient (Wildman–Crippen LogP) is 1.03. The standard InChI is InChI=1S/C21H30N6O2/c1-29-10-9-26(21(28)15-27-16-22-23-24-27)14-17-5-4-8-25(13-17)20-11-18-6-2-3-7-19(18)12-20/h2-3,6-7,16-17,20H,4-5,8-15H2,1H3. The van der Waals surface area contributed by atoms with Crippen molar-refractivity contribution in [3.63, 3.8) is 0 Å². The van der Waals surface area contributed by atoms with Crippen molar-refractivity contribution < 1.29 is 9.53 Å². The summed E-state index contributed by atoms with van der Waals surface area (Å²) in [5.41, 5.74) is 3.00. The van der Waals surface area contributed by atoms with Gasteiger partial charge in [-0.1, -0.05) is 24.3 Å². The van der Waals surface area contributed by atoms with Crippen LogP contribution in [0.1, 0.15) is 24.0 Å². The molecule has 1 amide bonds. The van der Waals surface area contributed by atoms with Crippen LogP contribution < -0.4 is 0 Å². The highest BCUT2D eigenvalue weighted by Gasteiger charge is 2.31. The van der Waals surface area contributed by atoms with E-state index in [9.17, 15) is 4.79 Å². The van der Waals surface area contributed by atoms with Gasteiger partial charge >= 0.3 is 0 Å². The highest BCUT2D eigenvalue weighted by atomic mass is 16.5. The molecule has 0 N–H and O–H groups in total. The molecule has 0 radical (unpaired) electrons. The van der Waals surface area contributed by atoms with E-state index >= 15 is 0 Å². The maximum absolute atomic E-state index is 12.8. The second-order valence-corrected chi connectivity index (χ2v) is 8.17. The molecule has 29 heavy (non-hydrogen) atoms. The van der Waals surface area contributed by atoms with Crippen molar-refractivity contribution in [2.75, 3.05) is 39.9 Å². The van der Waals surface area contributed by atoms with Crippen LogP contribution >= 0.6 is 0 Å². The molecule has 2 aromatic rings. The first kappa shape index (κ1) is 20.0. The average molecular weight is 399 g/mol. The van der Waals surface area contributed by atoms with Gasteiger partial charge in [0.05, 0.1) is 6.61 Å². The molecule has 2 heterocycles. The van der Waals surface area contributed by atoms with Crippen molar-refractivity contribution in [3.8, 4) is 0 Å². The summed E-state index contributed by atoms with van der Waals surface area (Å²) in [7, 11) is 1.67. The van der Waals surface area contributed by atoms with Crippen LogP contribution in [0.5, 0.6) is 0 Å². The minimum atomic E-state index is 0.0414. The minimum absolute atomic E-state index is 0.0414. The first-order valence-electron chi connectivity index (χ1n) is 10.5. The molecule has 2 aliphatic rings. The van der Waals surface area contributed by atoms with Gasteiger partial charge < -0.3 is 9.64 Å². The lowest BCUT2D eigenvalue weighted by Gasteiger charge is -2.38. The van der Waals surface area contributed by atoms with Gasteiger partial charge in [0.15, 0.2) is 0 Å². The monoisotopic (exact) mass is 398 g/mol.